The zero-order chi connectivity index (χ0) is 16.5. The fourth-order valence-electron chi connectivity index (χ4n) is 2.63. The van der Waals surface area contributed by atoms with Crippen molar-refractivity contribution in [1.82, 2.24) is 4.90 Å². The van der Waals surface area contributed by atoms with Gasteiger partial charge in [0.2, 0.25) is 0 Å². The van der Waals surface area contributed by atoms with Crippen LogP contribution >= 0.6 is 11.6 Å². The topological polar surface area (TPSA) is 55.6 Å². The summed E-state index contributed by atoms with van der Waals surface area (Å²) in [5, 5.41) is 0.100. The molecule has 1 fully saturated rings. The van der Waals surface area contributed by atoms with Crippen molar-refractivity contribution in [3.8, 4) is 0 Å². The maximum atomic E-state index is 13.6. The Labute approximate surface area is 135 Å². The number of amides is 1. The number of benzene rings is 1. The van der Waals surface area contributed by atoms with E-state index in [1.165, 1.54) is 6.07 Å². The van der Waals surface area contributed by atoms with Crippen molar-refractivity contribution in [3.05, 3.63) is 34.6 Å². The van der Waals surface area contributed by atoms with Crippen molar-refractivity contribution in [1.29, 1.82) is 0 Å². The lowest BCUT2D eigenvalue weighted by Crippen LogP contribution is -2.50. The minimum Gasteiger partial charge on any atom is -0.444 e. The van der Waals surface area contributed by atoms with Crippen molar-refractivity contribution in [2.45, 2.75) is 44.8 Å². The molecule has 2 atom stereocenters. The fraction of sp³-hybridized carbons (Fsp3) is 0.562. The molecule has 1 amide bonds. The van der Waals surface area contributed by atoms with Crippen LogP contribution < -0.4 is 5.73 Å². The van der Waals surface area contributed by atoms with Crippen LogP contribution in [0.3, 0.4) is 0 Å². The minimum atomic E-state index is -0.530. The van der Waals surface area contributed by atoms with Crippen molar-refractivity contribution in [2.24, 2.45) is 5.73 Å². The maximum absolute atomic E-state index is 13.6. The number of hydrogen-bond acceptors (Lipinski definition) is 3. The highest BCUT2D eigenvalue weighted by Crippen LogP contribution is 2.30. The third-order valence-corrected chi connectivity index (χ3v) is 3.99. The molecule has 0 aliphatic carbocycles. The summed E-state index contributed by atoms with van der Waals surface area (Å²) >= 11 is 5.71. The second-order valence-corrected chi connectivity index (χ2v) is 7.07. The summed E-state index contributed by atoms with van der Waals surface area (Å²) in [6.45, 7) is 6.41. The molecule has 0 aromatic heterocycles. The van der Waals surface area contributed by atoms with Crippen molar-refractivity contribution in [2.75, 3.05) is 13.1 Å². The monoisotopic (exact) mass is 328 g/mol. The van der Waals surface area contributed by atoms with Crippen molar-refractivity contribution >= 4 is 17.7 Å². The van der Waals surface area contributed by atoms with Crippen LogP contribution in [0.15, 0.2) is 18.2 Å². The van der Waals surface area contributed by atoms with Crippen LogP contribution in [0.5, 0.6) is 0 Å². The number of carbonyl (C=O) groups excluding carboxylic acids is 1. The molecule has 0 unspecified atom stereocenters. The molecule has 1 heterocycles. The van der Waals surface area contributed by atoms with E-state index >= 15 is 0 Å². The molecule has 0 radical (unpaired) electrons. The van der Waals surface area contributed by atoms with Gasteiger partial charge >= 0.3 is 6.09 Å². The van der Waals surface area contributed by atoms with Gasteiger partial charge in [-0.1, -0.05) is 17.7 Å². The van der Waals surface area contributed by atoms with Gasteiger partial charge in [-0.15, -0.1) is 0 Å². The Morgan fingerprint density at radius 3 is 2.68 bits per heavy atom. The van der Waals surface area contributed by atoms with Gasteiger partial charge in [0.05, 0.1) is 5.02 Å². The molecule has 1 saturated heterocycles. The van der Waals surface area contributed by atoms with Crippen LogP contribution in [-0.2, 0) is 4.74 Å². The van der Waals surface area contributed by atoms with Gasteiger partial charge in [-0.05, 0) is 44.9 Å². The average Bonchev–Trinajstić information content (AvgIpc) is 2.40. The normalized spacial score (nSPS) is 22.5. The van der Waals surface area contributed by atoms with Crippen molar-refractivity contribution < 1.29 is 13.9 Å². The van der Waals surface area contributed by atoms with E-state index < -0.39 is 11.4 Å². The standard InChI is InChI=1S/C16H22ClFN2O2/c1-16(2,3)22-15(21)20-7-6-11(14(19)9-20)10-4-5-12(17)13(18)8-10/h4-5,8,11,14H,6-7,9,19H2,1-3H3/t11-,14-/m0/s1. The van der Waals surface area contributed by atoms with Crippen LogP contribution in [0.2, 0.25) is 5.02 Å². The summed E-state index contributed by atoms with van der Waals surface area (Å²) in [6.07, 6.45) is 0.310. The summed E-state index contributed by atoms with van der Waals surface area (Å²) in [5.74, 6) is -0.439. The number of rotatable bonds is 1. The van der Waals surface area contributed by atoms with Gasteiger partial charge in [-0.3, -0.25) is 0 Å². The molecule has 22 heavy (non-hydrogen) atoms. The lowest BCUT2D eigenvalue weighted by Gasteiger charge is -2.37. The van der Waals surface area contributed by atoms with E-state index in [1.54, 1.807) is 17.0 Å². The van der Waals surface area contributed by atoms with E-state index in [2.05, 4.69) is 0 Å². The summed E-state index contributed by atoms with van der Waals surface area (Å²) in [6, 6.07) is 4.50. The molecular formula is C16H22ClFN2O2. The summed E-state index contributed by atoms with van der Waals surface area (Å²) in [5.41, 5.74) is 6.47. The summed E-state index contributed by atoms with van der Waals surface area (Å²) < 4.78 is 18.9. The molecule has 2 rings (SSSR count). The Morgan fingerprint density at radius 1 is 1.45 bits per heavy atom. The predicted molar refractivity (Wildman–Crippen MR) is 84.6 cm³/mol. The van der Waals surface area contributed by atoms with E-state index in [0.29, 0.717) is 19.5 Å². The molecule has 4 nitrogen and oxygen atoms in total. The first-order chi connectivity index (χ1) is 10.2. The van der Waals surface area contributed by atoms with E-state index in [1.807, 2.05) is 20.8 Å². The first kappa shape index (κ1) is 17.0. The van der Waals surface area contributed by atoms with Gasteiger partial charge in [0, 0.05) is 25.0 Å². The summed E-state index contributed by atoms with van der Waals surface area (Å²) in [7, 11) is 0. The predicted octanol–water partition coefficient (Wildman–Crippen LogP) is 3.53. The molecule has 122 valence electrons. The van der Waals surface area contributed by atoms with E-state index in [9.17, 15) is 9.18 Å². The lowest BCUT2D eigenvalue weighted by molar-refractivity contribution is 0.0186. The van der Waals surface area contributed by atoms with Gasteiger partial charge in [-0.25, -0.2) is 9.18 Å². The molecular weight excluding hydrogens is 307 g/mol. The Morgan fingerprint density at radius 2 is 2.14 bits per heavy atom. The summed E-state index contributed by atoms with van der Waals surface area (Å²) in [4.78, 5) is 13.7. The Bertz CT molecular complexity index is 560. The van der Waals surface area contributed by atoms with Crippen LogP contribution in [0.1, 0.15) is 38.7 Å². The molecule has 6 heteroatoms. The van der Waals surface area contributed by atoms with E-state index in [0.717, 1.165) is 5.56 Å². The third kappa shape index (κ3) is 4.11. The zero-order valence-electron chi connectivity index (χ0n) is 13.1. The Balaban J connectivity index is 2.03. The van der Waals surface area contributed by atoms with Crippen LogP contribution in [0, 0.1) is 5.82 Å². The van der Waals surface area contributed by atoms with E-state index in [4.69, 9.17) is 22.1 Å². The minimum absolute atomic E-state index is 0.00505. The number of likely N-dealkylation sites (tertiary alicyclic amines) is 1. The van der Waals surface area contributed by atoms with Crippen molar-refractivity contribution in [3.63, 3.8) is 0 Å². The Kier molecular flexibility index (Phi) is 4.97. The first-order valence-electron chi connectivity index (χ1n) is 7.36. The van der Waals surface area contributed by atoms with Crippen LogP contribution in [0.4, 0.5) is 9.18 Å². The zero-order valence-corrected chi connectivity index (χ0v) is 13.9. The first-order valence-corrected chi connectivity index (χ1v) is 7.73. The highest BCUT2D eigenvalue weighted by atomic mass is 35.5. The molecule has 0 spiro atoms. The number of hydrogen-bond donors (Lipinski definition) is 1. The molecule has 1 aromatic rings. The lowest BCUT2D eigenvalue weighted by atomic mass is 9.86. The second kappa shape index (κ2) is 6.42. The number of nitrogens with zero attached hydrogens (tertiary/aromatic N) is 1. The Hall–Kier alpha value is -1.33. The SMILES string of the molecule is CC(C)(C)OC(=O)N1CC[C@@H](c2ccc(Cl)c(F)c2)[C@@H](N)C1. The fourth-order valence-corrected chi connectivity index (χ4v) is 2.75. The quantitative estimate of drug-likeness (QED) is 0.858. The van der Waals surface area contributed by atoms with E-state index in [-0.39, 0.29) is 23.1 Å². The van der Waals surface area contributed by atoms with Crippen LogP contribution in [0.25, 0.3) is 0 Å². The number of carbonyl (C=O) groups is 1. The average molecular weight is 329 g/mol. The van der Waals surface area contributed by atoms with Gasteiger partial charge in [0.15, 0.2) is 0 Å². The molecule has 1 aliphatic rings. The third-order valence-electron chi connectivity index (χ3n) is 3.68. The largest absolute Gasteiger partial charge is 0.444 e. The highest BCUT2D eigenvalue weighted by molar-refractivity contribution is 6.30. The number of nitrogens with two attached hydrogens (primary N) is 1. The molecule has 1 aliphatic heterocycles. The van der Waals surface area contributed by atoms with Gasteiger partial charge < -0.3 is 15.4 Å². The van der Waals surface area contributed by atoms with Gasteiger partial charge in [0.25, 0.3) is 0 Å². The second-order valence-electron chi connectivity index (χ2n) is 6.66. The van der Waals surface area contributed by atoms with Gasteiger partial charge in [0.1, 0.15) is 11.4 Å². The van der Waals surface area contributed by atoms with Gasteiger partial charge in [-0.2, -0.15) is 0 Å². The number of piperidine rings is 1. The molecule has 2 N–H and O–H groups in total. The molecule has 1 aromatic carbocycles. The number of ether oxygens (including phenoxy) is 1. The van der Waals surface area contributed by atoms with Crippen LogP contribution in [-0.4, -0.2) is 35.7 Å². The maximum Gasteiger partial charge on any atom is 0.410 e. The molecule has 0 bridgehead atoms. The smallest absolute Gasteiger partial charge is 0.410 e. The molecule has 0 saturated carbocycles. The number of halogens is 2. The highest BCUT2D eigenvalue weighted by Gasteiger charge is 2.32.